The van der Waals surface area contributed by atoms with E-state index in [0.717, 1.165) is 57.4 Å². The molecule has 2 aliphatic heterocycles. The van der Waals surface area contributed by atoms with Gasteiger partial charge in [0, 0.05) is 36.3 Å². The van der Waals surface area contributed by atoms with Gasteiger partial charge in [0.2, 0.25) is 5.91 Å². The van der Waals surface area contributed by atoms with Gasteiger partial charge in [-0.2, -0.15) is 0 Å². The van der Waals surface area contributed by atoms with Gasteiger partial charge in [0.15, 0.2) is 0 Å². The average Bonchev–Trinajstić information content (AvgIpc) is 3.47. The number of amides is 1. The molecular weight excluding hydrogens is 484 g/mol. The second kappa shape index (κ2) is 12.1. The molecule has 6 heteroatoms. The third kappa shape index (κ3) is 6.53. The number of halogens is 1. The molecule has 1 amide bonds. The first kappa shape index (κ1) is 25.8. The largest absolute Gasteiger partial charge is 0.490 e. The average molecular weight is 519 g/mol. The number of hydrogen-bond acceptors (Lipinski definition) is 4. The first-order chi connectivity index (χ1) is 18.1. The summed E-state index contributed by atoms with van der Waals surface area (Å²) in [7, 11) is 0. The van der Waals surface area contributed by atoms with Crippen molar-refractivity contribution in [3.63, 3.8) is 0 Å². The number of benzene rings is 3. The van der Waals surface area contributed by atoms with Crippen LogP contribution in [0, 0.1) is 0 Å². The highest BCUT2D eigenvalue weighted by atomic mass is 35.5. The molecule has 0 aliphatic carbocycles. The molecule has 0 spiro atoms. The van der Waals surface area contributed by atoms with Crippen LogP contribution in [0.3, 0.4) is 0 Å². The Hall–Kier alpha value is -2.86. The maximum atomic E-state index is 12.4. The molecular formula is C31H35ClN2O3. The normalized spacial score (nSPS) is 18.1. The fourth-order valence-corrected chi connectivity index (χ4v) is 5.74. The maximum absolute atomic E-state index is 12.4. The maximum Gasteiger partial charge on any atom is 0.246 e. The Morgan fingerprint density at radius 3 is 2.59 bits per heavy atom. The highest BCUT2D eigenvalue weighted by Crippen LogP contribution is 2.33. The van der Waals surface area contributed by atoms with Gasteiger partial charge in [-0.25, -0.2) is 0 Å². The molecule has 0 saturated carbocycles. The molecule has 37 heavy (non-hydrogen) atoms. The van der Waals surface area contributed by atoms with E-state index in [1.165, 1.54) is 16.3 Å². The summed E-state index contributed by atoms with van der Waals surface area (Å²) in [5.74, 6) is 1.17. The molecule has 5 rings (SSSR count). The minimum Gasteiger partial charge on any atom is -0.490 e. The summed E-state index contributed by atoms with van der Waals surface area (Å²) < 4.78 is 5.98. The van der Waals surface area contributed by atoms with E-state index in [2.05, 4.69) is 47.4 Å². The van der Waals surface area contributed by atoms with Crippen molar-refractivity contribution in [1.29, 1.82) is 0 Å². The molecule has 0 aromatic heterocycles. The predicted molar refractivity (Wildman–Crippen MR) is 150 cm³/mol. The van der Waals surface area contributed by atoms with Crippen LogP contribution in [0.5, 0.6) is 5.75 Å². The van der Waals surface area contributed by atoms with Crippen molar-refractivity contribution in [2.24, 2.45) is 0 Å². The standard InChI is InChI=1S/C31H35ClN2O3/c32-26-11-12-30(25(20-26)10-13-31(36)34-16-3-4-17-34)37-22-27(35)21-33-18-14-24(15-19-33)29-9-5-7-23-6-1-2-8-28(23)29/h1-2,5-13,20,24,27,35H,3-4,14-19,21-22H2. The van der Waals surface area contributed by atoms with Gasteiger partial charge in [0.1, 0.15) is 18.5 Å². The van der Waals surface area contributed by atoms with Gasteiger partial charge in [0.05, 0.1) is 0 Å². The van der Waals surface area contributed by atoms with Crippen molar-refractivity contribution in [3.05, 3.63) is 82.9 Å². The number of fused-ring (bicyclic) bond motifs is 1. The van der Waals surface area contributed by atoms with Gasteiger partial charge in [-0.3, -0.25) is 4.79 Å². The Bertz CT molecular complexity index is 1240. The third-order valence-electron chi connectivity index (χ3n) is 7.55. The summed E-state index contributed by atoms with van der Waals surface area (Å²) in [4.78, 5) is 16.6. The minimum atomic E-state index is -0.604. The zero-order valence-electron chi connectivity index (χ0n) is 21.2. The first-order valence-corrected chi connectivity index (χ1v) is 13.7. The summed E-state index contributed by atoms with van der Waals surface area (Å²) in [5, 5.41) is 14.0. The van der Waals surface area contributed by atoms with Crippen molar-refractivity contribution in [2.75, 3.05) is 39.3 Å². The van der Waals surface area contributed by atoms with Gasteiger partial charge in [0.25, 0.3) is 0 Å². The Kier molecular flexibility index (Phi) is 8.45. The number of aliphatic hydroxyl groups is 1. The molecule has 0 bridgehead atoms. The van der Waals surface area contributed by atoms with Crippen molar-refractivity contribution in [2.45, 2.75) is 37.7 Å². The zero-order valence-corrected chi connectivity index (χ0v) is 21.9. The molecule has 194 valence electrons. The van der Waals surface area contributed by atoms with E-state index < -0.39 is 6.10 Å². The number of carbonyl (C=O) groups is 1. The summed E-state index contributed by atoms with van der Waals surface area (Å²) >= 11 is 6.20. The lowest BCUT2D eigenvalue weighted by Gasteiger charge is -2.33. The van der Waals surface area contributed by atoms with Crippen LogP contribution >= 0.6 is 11.6 Å². The Morgan fingerprint density at radius 1 is 1.03 bits per heavy atom. The lowest BCUT2D eigenvalue weighted by Crippen LogP contribution is -2.40. The number of carbonyl (C=O) groups excluding carboxylic acids is 1. The fraction of sp³-hybridized carbons (Fsp3) is 0.387. The lowest BCUT2D eigenvalue weighted by atomic mass is 9.86. The number of piperidine rings is 1. The van der Waals surface area contributed by atoms with Gasteiger partial charge in [-0.05, 0) is 85.3 Å². The summed E-state index contributed by atoms with van der Waals surface area (Å²) in [5.41, 5.74) is 2.18. The van der Waals surface area contributed by atoms with Crippen LogP contribution in [-0.2, 0) is 4.79 Å². The van der Waals surface area contributed by atoms with Crippen molar-refractivity contribution in [3.8, 4) is 5.75 Å². The molecule has 0 radical (unpaired) electrons. The van der Waals surface area contributed by atoms with Crippen molar-refractivity contribution < 1.29 is 14.6 Å². The van der Waals surface area contributed by atoms with Gasteiger partial charge < -0.3 is 19.6 Å². The number of β-amino-alcohol motifs (C(OH)–C–C–N with tert-alkyl or cyclic N) is 1. The van der Waals surface area contributed by atoms with E-state index in [9.17, 15) is 9.90 Å². The van der Waals surface area contributed by atoms with Crippen molar-refractivity contribution >= 4 is 34.4 Å². The lowest BCUT2D eigenvalue weighted by molar-refractivity contribution is -0.124. The van der Waals surface area contributed by atoms with E-state index in [0.29, 0.717) is 23.2 Å². The van der Waals surface area contributed by atoms with Crippen molar-refractivity contribution in [1.82, 2.24) is 9.80 Å². The first-order valence-electron chi connectivity index (χ1n) is 13.3. The van der Waals surface area contributed by atoms with E-state index in [1.807, 2.05) is 4.90 Å². The summed E-state index contributed by atoms with van der Waals surface area (Å²) in [6, 6.07) is 20.6. The number of likely N-dealkylation sites (tertiary alicyclic amines) is 2. The topological polar surface area (TPSA) is 53.0 Å². The molecule has 2 heterocycles. The van der Waals surface area contributed by atoms with Crippen LogP contribution in [0.1, 0.15) is 42.7 Å². The number of nitrogens with zero attached hydrogens (tertiary/aromatic N) is 2. The van der Waals surface area contributed by atoms with Crippen LogP contribution in [0.4, 0.5) is 0 Å². The second-order valence-electron chi connectivity index (χ2n) is 10.2. The van der Waals surface area contributed by atoms with E-state index in [1.54, 1.807) is 30.4 Å². The molecule has 1 atom stereocenters. The second-order valence-corrected chi connectivity index (χ2v) is 10.6. The van der Waals surface area contributed by atoms with Crippen LogP contribution in [0.2, 0.25) is 5.02 Å². The van der Waals surface area contributed by atoms with Crippen LogP contribution in [0.15, 0.2) is 66.7 Å². The highest BCUT2D eigenvalue weighted by Gasteiger charge is 2.23. The van der Waals surface area contributed by atoms with E-state index >= 15 is 0 Å². The third-order valence-corrected chi connectivity index (χ3v) is 7.78. The smallest absolute Gasteiger partial charge is 0.246 e. The Morgan fingerprint density at radius 2 is 1.78 bits per heavy atom. The molecule has 3 aromatic carbocycles. The SMILES string of the molecule is O=C(C=Cc1cc(Cl)ccc1OCC(O)CN1CCC(c2cccc3ccccc23)CC1)N1CCCC1. The molecule has 2 aliphatic rings. The quantitative estimate of drug-likeness (QED) is 0.386. The molecule has 1 unspecified atom stereocenters. The molecule has 1 N–H and O–H groups in total. The number of ether oxygens (including phenoxy) is 1. The van der Waals surface area contributed by atoms with Gasteiger partial charge in [-0.15, -0.1) is 0 Å². The predicted octanol–water partition coefficient (Wildman–Crippen LogP) is 5.75. The summed E-state index contributed by atoms with van der Waals surface area (Å²) in [6.07, 6.45) is 7.02. The van der Waals surface area contributed by atoms with Crippen LogP contribution < -0.4 is 4.74 Å². The van der Waals surface area contributed by atoms with Gasteiger partial charge >= 0.3 is 0 Å². The summed E-state index contributed by atoms with van der Waals surface area (Å²) in [6.45, 7) is 4.30. The van der Waals surface area contributed by atoms with Gasteiger partial charge in [-0.1, -0.05) is 54.1 Å². The molecule has 2 fully saturated rings. The molecule has 5 nitrogen and oxygen atoms in total. The number of aliphatic hydroxyl groups excluding tert-OH is 1. The Labute approximate surface area is 224 Å². The molecule has 3 aromatic rings. The highest BCUT2D eigenvalue weighted by molar-refractivity contribution is 6.30. The minimum absolute atomic E-state index is 0.00960. The fourth-order valence-electron chi connectivity index (χ4n) is 5.55. The molecule has 2 saturated heterocycles. The van der Waals surface area contributed by atoms with E-state index in [4.69, 9.17) is 16.3 Å². The monoisotopic (exact) mass is 518 g/mol. The number of rotatable bonds is 8. The van der Waals surface area contributed by atoms with Crippen LogP contribution in [0.25, 0.3) is 16.8 Å². The Balaban J connectivity index is 1.13. The van der Waals surface area contributed by atoms with E-state index in [-0.39, 0.29) is 12.5 Å². The zero-order chi connectivity index (χ0) is 25.6. The number of hydrogen-bond donors (Lipinski definition) is 1. The van der Waals surface area contributed by atoms with Crippen LogP contribution in [-0.4, -0.2) is 66.2 Å².